The number of halogens is 2. The fourth-order valence-electron chi connectivity index (χ4n) is 2.73. The monoisotopic (exact) mass is 349 g/mol. The molecular weight excluding hydrogens is 320 g/mol. The predicted molar refractivity (Wildman–Crippen MR) is 86.0 cm³/mol. The van der Waals surface area contributed by atoms with Crippen LogP contribution in [0.15, 0.2) is 0 Å². The molecule has 1 aliphatic rings. The molecule has 0 aliphatic heterocycles. The number of methoxy groups -OCH3 is 1. The molecule has 0 unspecified atom stereocenters. The van der Waals surface area contributed by atoms with Gasteiger partial charge >= 0.3 is 12.1 Å². The molecule has 0 radical (unpaired) electrons. The van der Waals surface area contributed by atoms with E-state index in [9.17, 15) is 18.4 Å². The lowest BCUT2D eigenvalue weighted by atomic mass is 9.91. The van der Waals surface area contributed by atoms with Gasteiger partial charge in [0, 0.05) is 31.8 Å². The minimum absolute atomic E-state index is 0.209. The van der Waals surface area contributed by atoms with Gasteiger partial charge in [-0.1, -0.05) is 0 Å². The first-order chi connectivity index (χ1) is 11.0. The number of hydrogen-bond acceptors (Lipinski definition) is 4. The lowest BCUT2D eigenvalue weighted by molar-refractivity contribution is -0.140. The van der Waals surface area contributed by atoms with Gasteiger partial charge in [-0.3, -0.25) is 4.79 Å². The SMILES string of the molecule is COC(=O)CCCCN(C(=O)OC(C)(C)C)C1CCC(F)(F)CC1. The summed E-state index contributed by atoms with van der Waals surface area (Å²) < 4.78 is 36.7. The Hall–Kier alpha value is -1.40. The van der Waals surface area contributed by atoms with Crippen molar-refractivity contribution in [1.82, 2.24) is 4.90 Å². The molecule has 140 valence electrons. The molecule has 0 bridgehead atoms. The normalized spacial score (nSPS) is 18.1. The Morgan fingerprint density at radius 1 is 1.17 bits per heavy atom. The minimum Gasteiger partial charge on any atom is -0.469 e. The summed E-state index contributed by atoms with van der Waals surface area (Å²) in [5.41, 5.74) is -0.639. The molecule has 0 heterocycles. The van der Waals surface area contributed by atoms with Crippen molar-refractivity contribution in [3.63, 3.8) is 0 Å². The molecular formula is C17H29F2NO4. The van der Waals surface area contributed by atoms with Crippen molar-refractivity contribution < 1.29 is 27.8 Å². The van der Waals surface area contributed by atoms with E-state index in [1.807, 2.05) is 0 Å². The number of carbonyl (C=O) groups is 2. The molecule has 1 rings (SSSR count). The van der Waals surface area contributed by atoms with Gasteiger partial charge in [0.1, 0.15) is 5.60 Å². The van der Waals surface area contributed by atoms with E-state index >= 15 is 0 Å². The molecule has 0 N–H and O–H groups in total. The average molecular weight is 349 g/mol. The number of alkyl halides is 2. The Balaban J connectivity index is 2.62. The molecule has 1 fully saturated rings. The molecule has 0 aromatic carbocycles. The average Bonchev–Trinajstić information content (AvgIpc) is 2.46. The molecule has 0 saturated heterocycles. The number of esters is 1. The van der Waals surface area contributed by atoms with Crippen molar-refractivity contribution in [2.75, 3.05) is 13.7 Å². The first-order valence-corrected chi connectivity index (χ1v) is 8.48. The molecule has 7 heteroatoms. The van der Waals surface area contributed by atoms with E-state index in [-0.39, 0.29) is 44.1 Å². The lowest BCUT2D eigenvalue weighted by Crippen LogP contribution is -2.46. The summed E-state index contributed by atoms with van der Waals surface area (Å²) in [4.78, 5) is 25.1. The summed E-state index contributed by atoms with van der Waals surface area (Å²) in [6, 6.07) is -0.238. The summed E-state index contributed by atoms with van der Waals surface area (Å²) in [5.74, 6) is -2.93. The maximum Gasteiger partial charge on any atom is 0.410 e. The maximum absolute atomic E-state index is 13.4. The highest BCUT2D eigenvalue weighted by Crippen LogP contribution is 2.35. The largest absolute Gasteiger partial charge is 0.469 e. The van der Waals surface area contributed by atoms with Gasteiger partial charge in [-0.2, -0.15) is 0 Å². The van der Waals surface area contributed by atoms with Crippen LogP contribution in [0.25, 0.3) is 0 Å². The zero-order valence-corrected chi connectivity index (χ0v) is 15.1. The Morgan fingerprint density at radius 2 is 1.75 bits per heavy atom. The van der Waals surface area contributed by atoms with Crippen molar-refractivity contribution in [2.24, 2.45) is 0 Å². The quantitative estimate of drug-likeness (QED) is 0.534. The van der Waals surface area contributed by atoms with Gasteiger partial charge < -0.3 is 14.4 Å². The second-order valence-corrected chi connectivity index (χ2v) is 7.29. The second-order valence-electron chi connectivity index (χ2n) is 7.29. The van der Waals surface area contributed by atoms with E-state index < -0.39 is 17.6 Å². The van der Waals surface area contributed by atoms with E-state index in [0.717, 1.165) is 0 Å². The van der Waals surface area contributed by atoms with Crippen LogP contribution in [0.2, 0.25) is 0 Å². The van der Waals surface area contributed by atoms with Gasteiger partial charge in [-0.15, -0.1) is 0 Å². The van der Waals surface area contributed by atoms with Crippen LogP contribution >= 0.6 is 0 Å². The molecule has 1 aliphatic carbocycles. The van der Waals surface area contributed by atoms with Crippen molar-refractivity contribution >= 4 is 12.1 Å². The highest BCUT2D eigenvalue weighted by Gasteiger charge is 2.39. The topological polar surface area (TPSA) is 55.8 Å². The van der Waals surface area contributed by atoms with Crippen LogP contribution in [0.5, 0.6) is 0 Å². The number of nitrogens with zero attached hydrogens (tertiary/aromatic N) is 1. The zero-order valence-electron chi connectivity index (χ0n) is 15.1. The number of rotatable bonds is 6. The summed E-state index contributed by atoms with van der Waals surface area (Å²) in [7, 11) is 1.33. The van der Waals surface area contributed by atoms with Crippen LogP contribution in [-0.4, -0.2) is 48.2 Å². The highest BCUT2D eigenvalue weighted by molar-refractivity contribution is 5.69. The Kier molecular flexibility index (Phi) is 7.42. The predicted octanol–water partition coefficient (Wildman–Crippen LogP) is 4.14. The summed E-state index contributed by atoms with van der Waals surface area (Å²) in [6.07, 6.45) is 1.10. The Bertz CT molecular complexity index is 425. The fourth-order valence-corrected chi connectivity index (χ4v) is 2.73. The van der Waals surface area contributed by atoms with Gasteiger partial charge in [0.05, 0.1) is 7.11 Å². The molecule has 1 amide bonds. The van der Waals surface area contributed by atoms with Crippen LogP contribution in [0, 0.1) is 0 Å². The first-order valence-electron chi connectivity index (χ1n) is 8.48. The van der Waals surface area contributed by atoms with Crippen LogP contribution in [0.3, 0.4) is 0 Å². The highest BCUT2D eigenvalue weighted by atomic mass is 19.3. The van der Waals surface area contributed by atoms with E-state index in [2.05, 4.69) is 4.74 Å². The smallest absolute Gasteiger partial charge is 0.410 e. The molecule has 1 saturated carbocycles. The second kappa shape index (κ2) is 8.62. The van der Waals surface area contributed by atoms with Gasteiger partial charge in [0.25, 0.3) is 0 Å². The van der Waals surface area contributed by atoms with E-state index in [4.69, 9.17) is 4.74 Å². The van der Waals surface area contributed by atoms with Crippen LogP contribution < -0.4 is 0 Å². The van der Waals surface area contributed by atoms with Gasteiger partial charge in [-0.25, -0.2) is 13.6 Å². The molecule has 0 aromatic rings. The molecule has 0 atom stereocenters. The third kappa shape index (κ3) is 7.45. The standard InChI is InChI=1S/C17H29F2NO4/c1-16(2,3)24-15(22)20(12-6-5-7-14(21)23-4)13-8-10-17(18,19)11-9-13/h13H,5-12H2,1-4H3. The number of hydrogen-bond donors (Lipinski definition) is 0. The van der Waals surface area contributed by atoms with Crippen LogP contribution in [-0.2, 0) is 14.3 Å². The summed E-state index contributed by atoms with van der Waals surface area (Å²) >= 11 is 0. The van der Waals surface area contributed by atoms with E-state index in [1.165, 1.54) is 7.11 Å². The van der Waals surface area contributed by atoms with Crippen molar-refractivity contribution in [2.45, 2.75) is 83.3 Å². The lowest BCUT2D eigenvalue weighted by Gasteiger charge is -2.37. The van der Waals surface area contributed by atoms with Crippen LogP contribution in [0.1, 0.15) is 65.7 Å². The number of carbonyl (C=O) groups excluding carboxylic acids is 2. The number of unbranched alkanes of at least 4 members (excludes halogenated alkanes) is 1. The summed E-state index contributed by atoms with van der Waals surface area (Å²) in [5, 5.41) is 0. The van der Waals surface area contributed by atoms with E-state index in [0.29, 0.717) is 19.4 Å². The van der Waals surface area contributed by atoms with Crippen molar-refractivity contribution in [3.8, 4) is 0 Å². The zero-order chi connectivity index (χ0) is 18.4. The van der Waals surface area contributed by atoms with Crippen molar-refractivity contribution in [3.05, 3.63) is 0 Å². The van der Waals surface area contributed by atoms with Gasteiger partial charge in [0.2, 0.25) is 5.92 Å². The third-order valence-electron chi connectivity index (χ3n) is 4.01. The number of ether oxygens (including phenoxy) is 2. The first kappa shape index (κ1) is 20.6. The minimum atomic E-state index is -2.64. The summed E-state index contributed by atoms with van der Waals surface area (Å²) in [6.45, 7) is 5.71. The molecule has 24 heavy (non-hydrogen) atoms. The Labute approximate surface area is 142 Å². The maximum atomic E-state index is 13.4. The van der Waals surface area contributed by atoms with Crippen LogP contribution in [0.4, 0.5) is 13.6 Å². The molecule has 5 nitrogen and oxygen atoms in total. The number of amides is 1. The van der Waals surface area contributed by atoms with E-state index in [1.54, 1.807) is 25.7 Å². The molecule has 0 aromatic heterocycles. The Morgan fingerprint density at radius 3 is 2.25 bits per heavy atom. The van der Waals surface area contributed by atoms with Gasteiger partial charge in [0.15, 0.2) is 0 Å². The molecule has 0 spiro atoms. The van der Waals surface area contributed by atoms with Gasteiger partial charge in [-0.05, 0) is 46.5 Å². The fraction of sp³-hybridized carbons (Fsp3) is 0.882. The van der Waals surface area contributed by atoms with Crippen molar-refractivity contribution in [1.29, 1.82) is 0 Å². The third-order valence-corrected chi connectivity index (χ3v) is 4.01.